The highest BCUT2D eigenvalue weighted by atomic mass is 15.1. The minimum Gasteiger partial charge on any atom is -0.310 e. The predicted molar refractivity (Wildman–Crippen MR) is 285 cm³/mol. The Bertz CT molecular complexity index is 3580. The van der Waals surface area contributed by atoms with Gasteiger partial charge in [0.25, 0.3) is 0 Å². The van der Waals surface area contributed by atoms with Gasteiger partial charge in [0.2, 0.25) is 0 Å². The number of anilines is 3. The van der Waals surface area contributed by atoms with Crippen LogP contribution in [-0.2, 0) is 0 Å². The highest BCUT2D eigenvalue weighted by Gasteiger charge is 2.24. The molecule has 0 amide bonds. The van der Waals surface area contributed by atoms with Gasteiger partial charge in [0.05, 0.1) is 11.2 Å². The van der Waals surface area contributed by atoms with Crippen LogP contribution in [0.15, 0.2) is 249 Å². The molecule has 10 aromatic carbocycles. The Labute approximate surface area is 393 Å². The Morgan fingerprint density at radius 2 is 0.910 bits per heavy atom. The lowest BCUT2D eigenvalue weighted by Crippen LogP contribution is -2.11. The third-order valence-corrected chi connectivity index (χ3v) is 13.6. The SMILES string of the molecule is CC1CC=Cc2c1c1cc(-c3ccc(N(c4ccc(-c5cccc(-c6ccc7ccccc7c6)c5)cc4)c4ccccc4-c4ccc(-c5ccccc5)cc4)cc3)ccc1n2-c1ccccc1. The number of benzene rings is 10. The second-order valence-electron chi connectivity index (χ2n) is 17.8. The maximum Gasteiger partial charge on any atom is 0.0540 e. The maximum absolute atomic E-state index is 2.43. The van der Waals surface area contributed by atoms with Crippen molar-refractivity contribution in [2.45, 2.75) is 19.3 Å². The minimum atomic E-state index is 0.438. The van der Waals surface area contributed by atoms with Crippen molar-refractivity contribution in [1.29, 1.82) is 0 Å². The number of nitrogens with zero attached hydrogens (tertiary/aromatic N) is 2. The lowest BCUT2D eigenvalue weighted by molar-refractivity contribution is 0.773. The number of hydrogen-bond donors (Lipinski definition) is 0. The van der Waals surface area contributed by atoms with Crippen molar-refractivity contribution in [2.24, 2.45) is 0 Å². The van der Waals surface area contributed by atoms with Gasteiger partial charge in [0.1, 0.15) is 0 Å². The van der Waals surface area contributed by atoms with Crippen LogP contribution in [0.1, 0.15) is 30.5 Å². The monoisotopic (exact) mass is 856 g/mol. The highest BCUT2D eigenvalue weighted by Crippen LogP contribution is 2.44. The molecule has 0 saturated carbocycles. The molecule has 1 aliphatic carbocycles. The molecule has 0 saturated heterocycles. The van der Waals surface area contributed by atoms with Gasteiger partial charge in [-0.05, 0) is 152 Å². The highest BCUT2D eigenvalue weighted by molar-refractivity contribution is 5.95. The van der Waals surface area contributed by atoms with Crippen LogP contribution in [0, 0.1) is 0 Å². The van der Waals surface area contributed by atoms with Crippen molar-refractivity contribution in [2.75, 3.05) is 4.90 Å². The van der Waals surface area contributed by atoms with E-state index in [1.807, 2.05) is 0 Å². The lowest BCUT2D eigenvalue weighted by Gasteiger charge is -2.28. The van der Waals surface area contributed by atoms with Gasteiger partial charge in [0.15, 0.2) is 0 Å². The van der Waals surface area contributed by atoms with Crippen LogP contribution in [0.25, 0.3) is 89.1 Å². The topological polar surface area (TPSA) is 8.17 Å². The second-order valence-corrected chi connectivity index (χ2v) is 17.8. The number of para-hydroxylation sites is 2. The first-order chi connectivity index (χ1) is 33.1. The first-order valence-electron chi connectivity index (χ1n) is 23.4. The van der Waals surface area contributed by atoms with Crippen LogP contribution >= 0.6 is 0 Å². The average molecular weight is 857 g/mol. The zero-order valence-corrected chi connectivity index (χ0v) is 37.4. The van der Waals surface area contributed by atoms with Crippen LogP contribution in [0.5, 0.6) is 0 Å². The summed E-state index contributed by atoms with van der Waals surface area (Å²) in [5.41, 5.74) is 20.4. The van der Waals surface area contributed by atoms with E-state index in [4.69, 9.17) is 0 Å². The van der Waals surface area contributed by atoms with Crippen LogP contribution in [0.4, 0.5) is 17.1 Å². The molecule has 1 aromatic heterocycles. The van der Waals surface area contributed by atoms with Crippen molar-refractivity contribution in [3.8, 4) is 61.3 Å². The Morgan fingerprint density at radius 3 is 1.64 bits per heavy atom. The largest absolute Gasteiger partial charge is 0.310 e. The van der Waals surface area contributed by atoms with E-state index in [1.54, 1.807) is 0 Å². The van der Waals surface area contributed by atoms with Crippen LogP contribution in [0.3, 0.4) is 0 Å². The van der Waals surface area contributed by atoms with Crippen LogP contribution < -0.4 is 4.90 Å². The molecule has 1 heterocycles. The molecular formula is C65H48N2. The van der Waals surface area contributed by atoms with Gasteiger partial charge in [-0.15, -0.1) is 0 Å². The van der Waals surface area contributed by atoms with Crippen molar-refractivity contribution in [3.63, 3.8) is 0 Å². The summed E-state index contributed by atoms with van der Waals surface area (Å²) in [4.78, 5) is 2.41. The van der Waals surface area contributed by atoms with Gasteiger partial charge in [-0.2, -0.15) is 0 Å². The fourth-order valence-corrected chi connectivity index (χ4v) is 10.2. The summed E-state index contributed by atoms with van der Waals surface area (Å²) in [5.74, 6) is 0.438. The van der Waals surface area contributed by atoms with Gasteiger partial charge in [-0.1, -0.05) is 189 Å². The summed E-state index contributed by atoms with van der Waals surface area (Å²) in [6.07, 6.45) is 5.69. The number of hydrogen-bond acceptors (Lipinski definition) is 1. The fraction of sp³-hybridized carbons (Fsp3) is 0.0462. The van der Waals surface area contributed by atoms with E-state index < -0.39 is 0 Å². The molecule has 1 unspecified atom stereocenters. The van der Waals surface area contributed by atoms with Gasteiger partial charge < -0.3 is 9.47 Å². The Morgan fingerprint density at radius 1 is 0.403 bits per heavy atom. The Kier molecular flexibility index (Phi) is 10.3. The third kappa shape index (κ3) is 7.53. The van der Waals surface area contributed by atoms with Gasteiger partial charge in [0, 0.05) is 33.7 Å². The number of fused-ring (bicyclic) bond motifs is 4. The minimum absolute atomic E-state index is 0.438. The Balaban J connectivity index is 0.931. The molecule has 11 aromatic rings. The summed E-state index contributed by atoms with van der Waals surface area (Å²) in [6.45, 7) is 2.36. The Hall–Kier alpha value is -8.46. The summed E-state index contributed by atoms with van der Waals surface area (Å²) >= 11 is 0. The van der Waals surface area contributed by atoms with Gasteiger partial charge in [-0.25, -0.2) is 0 Å². The molecule has 67 heavy (non-hydrogen) atoms. The molecular weight excluding hydrogens is 809 g/mol. The number of aromatic nitrogens is 1. The zero-order valence-electron chi connectivity index (χ0n) is 37.4. The second kappa shape index (κ2) is 17.2. The van der Waals surface area contributed by atoms with E-state index in [0.717, 1.165) is 23.5 Å². The van der Waals surface area contributed by atoms with Crippen molar-refractivity contribution in [1.82, 2.24) is 4.57 Å². The molecule has 1 aliphatic rings. The van der Waals surface area contributed by atoms with Crippen molar-refractivity contribution >= 4 is 44.8 Å². The third-order valence-electron chi connectivity index (χ3n) is 13.6. The molecule has 0 N–H and O–H groups in total. The molecule has 2 heteroatoms. The zero-order chi connectivity index (χ0) is 44.7. The summed E-state index contributed by atoms with van der Waals surface area (Å²) in [7, 11) is 0. The van der Waals surface area contributed by atoms with Crippen LogP contribution in [0.2, 0.25) is 0 Å². The molecule has 1 atom stereocenters. The molecule has 2 nitrogen and oxygen atoms in total. The summed E-state index contributed by atoms with van der Waals surface area (Å²) in [5, 5.41) is 3.83. The molecule has 0 bridgehead atoms. The molecule has 0 spiro atoms. The molecule has 0 fully saturated rings. The standard InChI is InChI=1S/C65H48N2/c1-45-14-12-25-64-65(45)61-44-56(36-41-63(61)67(64)57-21-6-3-7-22-57)50-34-39-59(40-35-50)66(62-24-11-10-23-60(62)51-29-26-48(27-30-51)46-15-4-2-5-16-46)58-37-32-49(33-38-58)53-19-13-20-54(42-53)55-31-28-47-17-8-9-18-52(47)43-55/h2-13,15-45H,14H2,1H3. The van der Waals surface area contributed by atoms with Crippen LogP contribution in [-0.4, -0.2) is 4.57 Å². The molecule has 0 radical (unpaired) electrons. The smallest absolute Gasteiger partial charge is 0.0540 e. The first kappa shape index (κ1) is 40.1. The quantitative estimate of drug-likeness (QED) is 0.140. The predicted octanol–water partition coefficient (Wildman–Crippen LogP) is 18.1. The van der Waals surface area contributed by atoms with Gasteiger partial charge >= 0.3 is 0 Å². The maximum atomic E-state index is 2.43. The van der Waals surface area contributed by atoms with E-state index >= 15 is 0 Å². The first-order valence-corrected chi connectivity index (χ1v) is 23.4. The van der Waals surface area contributed by atoms with Gasteiger partial charge in [-0.3, -0.25) is 0 Å². The summed E-state index contributed by atoms with van der Waals surface area (Å²) in [6, 6.07) is 88.6. The normalized spacial score (nSPS) is 13.2. The lowest BCUT2D eigenvalue weighted by atomic mass is 9.90. The summed E-state index contributed by atoms with van der Waals surface area (Å²) < 4.78 is 2.43. The van der Waals surface area contributed by atoms with E-state index in [9.17, 15) is 0 Å². The van der Waals surface area contributed by atoms with Crippen molar-refractivity contribution < 1.29 is 0 Å². The molecule has 318 valence electrons. The number of allylic oxidation sites excluding steroid dienone is 1. The van der Waals surface area contributed by atoms with Crippen molar-refractivity contribution in [3.05, 3.63) is 260 Å². The van der Waals surface area contributed by atoms with E-state index in [1.165, 1.54) is 94.3 Å². The van der Waals surface area contributed by atoms with E-state index in [2.05, 4.69) is 271 Å². The molecule has 0 aliphatic heterocycles. The van der Waals surface area contributed by atoms with E-state index in [0.29, 0.717) is 5.92 Å². The fourth-order valence-electron chi connectivity index (χ4n) is 10.2. The number of rotatable bonds is 9. The molecule has 12 rings (SSSR count). The average Bonchev–Trinajstić information content (AvgIpc) is 3.74. The van der Waals surface area contributed by atoms with E-state index in [-0.39, 0.29) is 0 Å².